The molecule has 2 heterocycles. The SMILES string of the molecule is CC(=O)OCc1nc(N)oc1-c1cccc2ccccc12.Nc1nc(CO)c(-c2cccc3ccccc23)o1. The van der Waals surface area contributed by atoms with E-state index in [9.17, 15) is 9.90 Å². The fourth-order valence-corrected chi connectivity index (χ4v) is 4.38. The maximum atomic E-state index is 11.0. The maximum Gasteiger partial charge on any atom is 0.303 e. The van der Waals surface area contributed by atoms with Gasteiger partial charge in [-0.1, -0.05) is 84.9 Å². The average Bonchev–Trinajstić information content (AvgIpc) is 3.52. The van der Waals surface area contributed by atoms with Crippen molar-refractivity contribution in [1.82, 2.24) is 9.97 Å². The van der Waals surface area contributed by atoms with Gasteiger partial charge in [-0.15, -0.1) is 0 Å². The van der Waals surface area contributed by atoms with Crippen LogP contribution in [0.15, 0.2) is 93.8 Å². The van der Waals surface area contributed by atoms with E-state index in [0.29, 0.717) is 22.9 Å². The highest BCUT2D eigenvalue weighted by Crippen LogP contribution is 2.33. The van der Waals surface area contributed by atoms with Crippen molar-refractivity contribution in [2.24, 2.45) is 0 Å². The van der Waals surface area contributed by atoms with Crippen molar-refractivity contribution >= 4 is 39.5 Å². The lowest BCUT2D eigenvalue weighted by atomic mass is 10.0. The van der Waals surface area contributed by atoms with Crippen LogP contribution in [0.1, 0.15) is 18.3 Å². The average molecular weight is 523 g/mol. The summed E-state index contributed by atoms with van der Waals surface area (Å²) in [5.74, 6) is 0.692. The number of ether oxygens (including phenoxy) is 1. The molecule has 0 aliphatic rings. The van der Waals surface area contributed by atoms with Gasteiger partial charge in [0.1, 0.15) is 18.0 Å². The van der Waals surface area contributed by atoms with Crippen molar-refractivity contribution in [1.29, 1.82) is 0 Å². The van der Waals surface area contributed by atoms with Crippen LogP contribution in [-0.4, -0.2) is 21.0 Å². The number of rotatable bonds is 5. The number of carbonyl (C=O) groups is 1. The lowest BCUT2D eigenvalue weighted by molar-refractivity contribution is -0.142. The minimum absolute atomic E-state index is 0.0363. The lowest BCUT2D eigenvalue weighted by Crippen LogP contribution is -2.00. The summed E-state index contributed by atoms with van der Waals surface area (Å²) >= 11 is 0. The number of carbonyl (C=O) groups excluding carboxylic acids is 1. The second-order valence-electron chi connectivity index (χ2n) is 8.65. The van der Waals surface area contributed by atoms with Crippen LogP contribution in [0.2, 0.25) is 0 Å². The molecule has 196 valence electrons. The second kappa shape index (κ2) is 11.1. The zero-order valence-corrected chi connectivity index (χ0v) is 21.1. The zero-order chi connectivity index (χ0) is 27.4. The van der Waals surface area contributed by atoms with Gasteiger partial charge in [-0.3, -0.25) is 4.79 Å². The van der Waals surface area contributed by atoms with Crippen molar-refractivity contribution < 1.29 is 23.5 Å². The molecule has 4 aromatic carbocycles. The summed E-state index contributed by atoms with van der Waals surface area (Å²) in [5.41, 5.74) is 13.9. The van der Waals surface area contributed by atoms with Crippen LogP contribution in [-0.2, 0) is 22.7 Å². The molecule has 0 saturated heterocycles. The van der Waals surface area contributed by atoms with Crippen molar-refractivity contribution in [3.63, 3.8) is 0 Å². The number of aliphatic hydroxyl groups excluding tert-OH is 1. The number of aliphatic hydroxyl groups is 1. The number of nitrogens with two attached hydrogens (primary N) is 2. The van der Waals surface area contributed by atoms with Gasteiger partial charge < -0.3 is 30.1 Å². The topological polar surface area (TPSA) is 151 Å². The highest BCUT2D eigenvalue weighted by atomic mass is 16.5. The third-order valence-corrected chi connectivity index (χ3v) is 6.06. The van der Waals surface area contributed by atoms with Crippen LogP contribution in [0, 0.1) is 0 Å². The minimum Gasteiger partial charge on any atom is -0.459 e. The van der Waals surface area contributed by atoms with E-state index in [1.165, 1.54) is 6.92 Å². The molecular formula is C30H26N4O5. The van der Waals surface area contributed by atoms with Crippen molar-refractivity contribution in [2.45, 2.75) is 20.1 Å². The van der Waals surface area contributed by atoms with E-state index in [1.54, 1.807) is 0 Å². The summed E-state index contributed by atoms with van der Waals surface area (Å²) in [6, 6.07) is 27.8. The summed E-state index contributed by atoms with van der Waals surface area (Å²) in [7, 11) is 0. The molecule has 0 atom stereocenters. The third kappa shape index (κ3) is 5.43. The first-order chi connectivity index (χ1) is 18.9. The fraction of sp³-hybridized carbons (Fsp3) is 0.100. The number of nitrogens with zero attached hydrogens (tertiary/aromatic N) is 2. The van der Waals surface area contributed by atoms with Gasteiger partial charge in [0.25, 0.3) is 12.0 Å². The van der Waals surface area contributed by atoms with E-state index in [0.717, 1.165) is 32.7 Å². The summed E-state index contributed by atoms with van der Waals surface area (Å²) < 4.78 is 15.9. The van der Waals surface area contributed by atoms with Gasteiger partial charge in [0, 0.05) is 18.1 Å². The molecule has 0 aliphatic heterocycles. The van der Waals surface area contributed by atoms with Gasteiger partial charge in [-0.05, 0) is 21.5 Å². The van der Waals surface area contributed by atoms with Crippen LogP contribution in [0.3, 0.4) is 0 Å². The van der Waals surface area contributed by atoms with Gasteiger partial charge in [0.05, 0.1) is 6.61 Å². The Balaban J connectivity index is 0.000000160. The monoisotopic (exact) mass is 522 g/mol. The number of benzene rings is 4. The molecule has 6 rings (SSSR count). The molecular weight excluding hydrogens is 496 g/mol. The molecule has 0 spiro atoms. The number of anilines is 2. The molecule has 6 aromatic rings. The molecule has 0 unspecified atom stereocenters. The predicted octanol–water partition coefficient (Wildman–Crippen LogP) is 5.71. The summed E-state index contributed by atoms with van der Waals surface area (Å²) in [6.07, 6.45) is 0. The molecule has 39 heavy (non-hydrogen) atoms. The molecule has 0 aliphatic carbocycles. The van der Waals surface area contributed by atoms with E-state index >= 15 is 0 Å². The predicted molar refractivity (Wildman–Crippen MR) is 149 cm³/mol. The normalized spacial score (nSPS) is 10.8. The first kappa shape index (κ1) is 25.5. The van der Waals surface area contributed by atoms with Gasteiger partial charge in [0.2, 0.25) is 0 Å². The Labute approximate surface area is 223 Å². The quantitative estimate of drug-likeness (QED) is 0.242. The number of hydrogen-bond acceptors (Lipinski definition) is 9. The number of oxazole rings is 2. The summed E-state index contributed by atoms with van der Waals surface area (Å²) in [5, 5.41) is 13.6. The fourth-order valence-electron chi connectivity index (χ4n) is 4.38. The lowest BCUT2D eigenvalue weighted by Gasteiger charge is -2.05. The number of esters is 1. The molecule has 0 bridgehead atoms. The molecule has 2 aromatic heterocycles. The Kier molecular flexibility index (Phi) is 7.24. The number of fused-ring (bicyclic) bond motifs is 2. The number of hydrogen-bond donors (Lipinski definition) is 3. The van der Waals surface area contributed by atoms with Crippen LogP contribution in [0.4, 0.5) is 12.0 Å². The van der Waals surface area contributed by atoms with Crippen LogP contribution >= 0.6 is 0 Å². The minimum atomic E-state index is -0.375. The van der Waals surface area contributed by atoms with Gasteiger partial charge >= 0.3 is 5.97 Å². The molecule has 9 nitrogen and oxygen atoms in total. The third-order valence-electron chi connectivity index (χ3n) is 6.06. The van der Waals surface area contributed by atoms with E-state index in [-0.39, 0.29) is 31.2 Å². The smallest absolute Gasteiger partial charge is 0.303 e. The molecule has 0 amide bonds. The Hall–Kier alpha value is -5.15. The van der Waals surface area contributed by atoms with E-state index in [2.05, 4.69) is 9.97 Å². The highest BCUT2D eigenvalue weighted by molar-refractivity contribution is 5.96. The van der Waals surface area contributed by atoms with Crippen molar-refractivity contribution in [3.05, 3.63) is 96.3 Å². The van der Waals surface area contributed by atoms with Crippen LogP contribution in [0.5, 0.6) is 0 Å². The van der Waals surface area contributed by atoms with E-state index in [4.69, 9.17) is 25.0 Å². The zero-order valence-electron chi connectivity index (χ0n) is 21.1. The number of nitrogen functional groups attached to an aromatic ring is 2. The van der Waals surface area contributed by atoms with Gasteiger partial charge in [-0.25, -0.2) is 0 Å². The maximum absolute atomic E-state index is 11.0. The Morgan fingerprint density at radius 2 is 1.21 bits per heavy atom. The van der Waals surface area contributed by atoms with Crippen LogP contribution in [0.25, 0.3) is 44.2 Å². The van der Waals surface area contributed by atoms with Gasteiger partial charge in [-0.2, -0.15) is 9.97 Å². The number of aromatic nitrogens is 2. The largest absolute Gasteiger partial charge is 0.459 e. The van der Waals surface area contributed by atoms with Crippen molar-refractivity contribution in [3.8, 4) is 22.6 Å². The molecule has 0 radical (unpaired) electrons. The Morgan fingerprint density at radius 3 is 1.72 bits per heavy atom. The first-order valence-electron chi connectivity index (χ1n) is 12.2. The summed E-state index contributed by atoms with van der Waals surface area (Å²) in [4.78, 5) is 19.0. The van der Waals surface area contributed by atoms with E-state index < -0.39 is 0 Å². The highest BCUT2D eigenvalue weighted by Gasteiger charge is 2.17. The Morgan fingerprint density at radius 1 is 0.744 bits per heavy atom. The molecule has 5 N–H and O–H groups in total. The van der Waals surface area contributed by atoms with Crippen molar-refractivity contribution in [2.75, 3.05) is 11.5 Å². The Bertz CT molecular complexity index is 1760. The second-order valence-corrected chi connectivity index (χ2v) is 8.65. The van der Waals surface area contributed by atoms with Gasteiger partial charge in [0.15, 0.2) is 11.5 Å². The first-order valence-corrected chi connectivity index (χ1v) is 12.2. The molecule has 9 heteroatoms. The van der Waals surface area contributed by atoms with Crippen LogP contribution < -0.4 is 11.5 Å². The summed E-state index contributed by atoms with van der Waals surface area (Å²) in [6.45, 7) is 1.19. The standard InChI is InChI=1S/C16H14N2O3.C14H12N2O2/c1-10(19)20-9-14-15(21-16(17)18-14)13-8-4-6-11-5-2-3-7-12(11)13;15-14-16-12(8-17)13(18-14)11-7-3-5-9-4-1-2-6-10(9)11/h2-8H,9H2,1H3,(H2,17,18);1-7,17H,8H2,(H2,15,16). The molecule has 0 saturated carbocycles. The molecule has 0 fully saturated rings. The van der Waals surface area contributed by atoms with E-state index in [1.807, 2.05) is 84.9 Å².